The van der Waals surface area contributed by atoms with Gasteiger partial charge in [-0.15, -0.1) is 0 Å². The molecule has 2 aromatic carbocycles. The van der Waals surface area contributed by atoms with Crippen molar-refractivity contribution in [2.75, 3.05) is 31.5 Å². The van der Waals surface area contributed by atoms with Gasteiger partial charge in [0, 0.05) is 32.1 Å². The van der Waals surface area contributed by atoms with Crippen LogP contribution < -0.4 is 10.6 Å². The summed E-state index contributed by atoms with van der Waals surface area (Å²) in [5.41, 5.74) is 1.70. The fourth-order valence-corrected chi connectivity index (χ4v) is 3.51. The van der Waals surface area contributed by atoms with Crippen LogP contribution in [-0.2, 0) is 11.2 Å². The van der Waals surface area contributed by atoms with Crippen LogP contribution in [-0.4, -0.2) is 42.9 Å². The first kappa shape index (κ1) is 20.0. The Morgan fingerprint density at radius 2 is 1.96 bits per heavy atom. The summed E-state index contributed by atoms with van der Waals surface area (Å²) >= 11 is 0. The van der Waals surface area contributed by atoms with E-state index in [0.717, 1.165) is 32.5 Å². The monoisotopic (exact) mass is 383 g/mol. The lowest BCUT2D eigenvalue weighted by atomic mass is 10.1. The lowest BCUT2D eigenvalue weighted by molar-refractivity contribution is -0.114. The Hall–Kier alpha value is -2.73. The van der Waals surface area contributed by atoms with Crippen LogP contribution in [0.2, 0.25) is 0 Å². The highest BCUT2D eigenvalue weighted by molar-refractivity contribution is 5.96. The second-order valence-corrected chi connectivity index (χ2v) is 7.28. The number of hydrogen-bond acceptors (Lipinski definition) is 3. The Balaban J connectivity index is 1.45. The van der Waals surface area contributed by atoms with Crippen LogP contribution in [0.1, 0.15) is 29.3 Å². The summed E-state index contributed by atoms with van der Waals surface area (Å²) in [7, 11) is 0. The largest absolute Gasteiger partial charge is 0.352 e. The van der Waals surface area contributed by atoms with Gasteiger partial charge in [0.25, 0.3) is 5.91 Å². The summed E-state index contributed by atoms with van der Waals surface area (Å²) in [4.78, 5) is 25.9. The molecule has 1 fully saturated rings. The fourth-order valence-electron chi connectivity index (χ4n) is 3.51. The molecule has 1 aliphatic rings. The van der Waals surface area contributed by atoms with Crippen molar-refractivity contribution in [1.82, 2.24) is 10.2 Å². The number of carbonyl (C=O) groups excluding carboxylic acids is 2. The maximum atomic E-state index is 13.7. The average molecular weight is 383 g/mol. The van der Waals surface area contributed by atoms with E-state index < -0.39 is 5.82 Å². The van der Waals surface area contributed by atoms with Crippen molar-refractivity contribution < 1.29 is 14.0 Å². The van der Waals surface area contributed by atoms with E-state index in [2.05, 4.69) is 39.8 Å². The number of anilines is 1. The van der Waals surface area contributed by atoms with E-state index in [1.165, 1.54) is 30.7 Å². The maximum absolute atomic E-state index is 13.7. The number of halogens is 1. The molecule has 5 nitrogen and oxygen atoms in total. The molecule has 0 saturated carbocycles. The van der Waals surface area contributed by atoms with Gasteiger partial charge in [-0.05, 0) is 49.1 Å². The molecule has 1 heterocycles. The van der Waals surface area contributed by atoms with Gasteiger partial charge < -0.3 is 15.5 Å². The van der Waals surface area contributed by atoms with Gasteiger partial charge in [0.05, 0.1) is 5.69 Å². The lowest BCUT2D eigenvalue weighted by Gasteiger charge is -2.16. The summed E-state index contributed by atoms with van der Waals surface area (Å²) < 4.78 is 13.7. The Labute approximate surface area is 164 Å². The zero-order valence-corrected chi connectivity index (χ0v) is 16.1. The third-order valence-electron chi connectivity index (χ3n) is 5.02. The summed E-state index contributed by atoms with van der Waals surface area (Å²) in [6.45, 7) is 4.92. The molecule has 0 aromatic heterocycles. The van der Waals surface area contributed by atoms with Crippen LogP contribution in [0.4, 0.5) is 10.1 Å². The molecular formula is C22H26FN3O2. The fraction of sp³-hybridized carbons (Fsp3) is 0.364. The van der Waals surface area contributed by atoms with Crippen LogP contribution in [0, 0.1) is 11.7 Å². The molecular weight excluding hydrogens is 357 g/mol. The average Bonchev–Trinajstić information content (AvgIpc) is 3.14. The minimum atomic E-state index is -0.559. The first-order valence-electron chi connectivity index (χ1n) is 9.63. The predicted molar refractivity (Wildman–Crippen MR) is 108 cm³/mol. The second kappa shape index (κ2) is 9.46. The van der Waals surface area contributed by atoms with Gasteiger partial charge in [-0.1, -0.05) is 30.3 Å². The number of nitrogens with one attached hydrogen (secondary N) is 2. The molecule has 0 radical (unpaired) electrons. The van der Waals surface area contributed by atoms with E-state index in [1.54, 1.807) is 0 Å². The van der Waals surface area contributed by atoms with Crippen LogP contribution >= 0.6 is 0 Å². The van der Waals surface area contributed by atoms with Gasteiger partial charge in [0.2, 0.25) is 5.91 Å². The number of hydrogen-bond donors (Lipinski definition) is 2. The van der Waals surface area contributed by atoms with Gasteiger partial charge in [0.15, 0.2) is 0 Å². The van der Waals surface area contributed by atoms with Crippen LogP contribution in [0.5, 0.6) is 0 Å². The normalized spacial score (nSPS) is 16.7. The molecule has 2 aromatic rings. The number of nitrogens with zero attached hydrogens (tertiary/aromatic N) is 1. The maximum Gasteiger partial charge on any atom is 0.251 e. The molecule has 2 N–H and O–H groups in total. The zero-order chi connectivity index (χ0) is 19.9. The molecule has 1 saturated heterocycles. The van der Waals surface area contributed by atoms with E-state index >= 15 is 0 Å². The number of amides is 2. The molecule has 0 aliphatic carbocycles. The molecule has 1 aliphatic heterocycles. The van der Waals surface area contributed by atoms with E-state index in [0.29, 0.717) is 18.0 Å². The number of carbonyl (C=O) groups is 2. The Morgan fingerprint density at radius 3 is 2.71 bits per heavy atom. The molecule has 2 amide bonds. The SMILES string of the molecule is CC(=O)Nc1cc(C(=O)NCC2CCN(CCc3ccccc3)C2)ccc1F. The first-order chi connectivity index (χ1) is 13.5. The van der Waals surface area contributed by atoms with Crippen molar-refractivity contribution in [3.8, 4) is 0 Å². The topological polar surface area (TPSA) is 61.4 Å². The quantitative estimate of drug-likeness (QED) is 0.772. The Bertz CT molecular complexity index is 826. The third-order valence-corrected chi connectivity index (χ3v) is 5.02. The number of likely N-dealkylation sites (tertiary alicyclic amines) is 1. The molecule has 3 rings (SSSR count). The second-order valence-electron chi connectivity index (χ2n) is 7.28. The highest BCUT2D eigenvalue weighted by Gasteiger charge is 2.22. The van der Waals surface area contributed by atoms with Gasteiger partial charge in [-0.3, -0.25) is 9.59 Å². The van der Waals surface area contributed by atoms with Crippen molar-refractivity contribution in [2.24, 2.45) is 5.92 Å². The van der Waals surface area contributed by atoms with Crippen LogP contribution in [0.3, 0.4) is 0 Å². The molecule has 0 bridgehead atoms. The molecule has 0 spiro atoms. The van der Waals surface area contributed by atoms with Crippen molar-refractivity contribution in [2.45, 2.75) is 19.8 Å². The highest BCUT2D eigenvalue weighted by atomic mass is 19.1. The highest BCUT2D eigenvalue weighted by Crippen LogP contribution is 2.18. The van der Waals surface area contributed by atoms with E-state index in [9.17, 15) is 14.0 Å². The molecule has 148 valence electrons. The third kappa shape index (κ3) is 5.63. The number of benzene rings is 2. The standard InChI is InChI=1S/C22H26FN3O2/c1-16(27)25-21-13-19(7-8-20(21)23)22(28)24-14-18-10-12-26(15-18)11-9-17-5-3-2-4-6-17/h2-8,13,18H,9-12,14-15H2,1H3,(H,24,28)(H,25,27). The van der Waals surface area contributed by atoms with Crippen molar-refractivity contribution in [3.05, 3.63) is 65.5 Å². The molecule has 6 heteroatoms. The predicted octanol–water partition coefficient (Wildman–Crippen LogP) is 3.08. The van der Waals surface area contributed by atoms with Crippen LogP contribution in [0.15, 0.2) is 48.5 Å². The Morgan fingerprint density at radius 1 is 1.18 bits per heavy atom. The lowest BCUT2D eigenvalue weighted by Crippen LogP contribution is -2.31. The van der Waals surface area contributed by atoms with Crippen molar-refractivity contribution >= 4 is 17.5 Å². The molecule has 28 heavy (non-hydrogen) atoms. The van der Waals surface area contributed by atoms with Gasteiger partial charge in [0.1, 0.15) is 5.82 Å². The summed E-state index contributed by atoms with van der Waals surface area (Å²) in [5, 5.41) is 5.33. The van der Waals surface area contributed by atoms with Gasteiger partial charge >= 0.3 is 0 Å². The summed E-state index contributed by atoms with van der Waals surface area (Å²) in [6, 6.07) is 14.4. The molecule has 1 atom stereocenters. The number of rotatable bonds is 7. The van der Waals surface area contributed by atoms with Crippen LogP contribution in [0.25, 0.3) is 0 Å². The van der Waals surface area contributed by atoms with Crippen molar-refractivity contribution in [3.63, 3.8) is 0 Å². The van der Waals surface area contributed by atoms with E-state index in [1.807, 2.05) is 6.07 Å². The van der Waals surface area contributed by atoms with E-state index in [-0.39, 0.29) is 17.5 Å². The minimum Gasteiger partial charge on any atom is -0.352 e. The van der Waals surface area contributed by atoms with E-state index in [4.69, 9.17) is 0 Å². The zero-order valence-electron chi connectivity index (χ0n) is 16.1. The van der Waals surface area contributed by atoms with Gasteiger partial charge in [-0.25, -0.2) is 4.39 Å². The van der Waals surface area contributed by atoms with Gasteiger partial charge in [-0.2, -0.15) is 0 Å². The first-order valence-corrected chi connectivity index (χ1v) is 9.63. The summed E-state index contributed by atoms with van der Waals surface area (Å²) in [5.74, 6) is -0.779. The molecule has 1 unspecified atom stereocenters. The smallest absolute Gasteiger partial charge is 0.251 e. The Kier molecular flexibility index (Phi) is 6.76. The minimum absolute atomic E-state index is 0.0214. The summed E-state index contributed by atoms with van der Waals surface area (Å²) in [6.07, 6.45) is 2.08. The van der Waals surface area contributed by atoms with Crippen molar-refractivity contribution in [1.29, 1.82) is 0 Å².